The number of carbonyl (C=O) groups is 9. The van der Waals surface area contributed by atoms with Crippen LogP contribution in [0.2, 0.25) is 0 Å². The zero-order chi connectivity index (χ0) is 83.3. The van der Waals surface area contributed by atoms with Crippen LogP contribution in [-0.2, 0) is 86.6 Å². The van der Waals surface area contributed by atoms with Crippen molar-refractivity contribution in [1.82, 2.24) is 47.9 Å². The van der Waals surface area contributed by atoms with E-state index < -0.39 is 36.3 Å². The van der Waals surface area contributed by atoms with Crippen molar-refractivity contribution in [1.29, 1.82) is 0 Å². The molecule has 0 spiro atoms. The second kappa shape index (κ2) is 60.4. The predicted octanol–water partition coefficient (Wildman–Crippen LogP) is 6.55. The van der Waals surface area contributed by atoms with Gasteiger partial charge >= 0.3 is 0 Å². The molecular formula is C84H135N15O9S6. The van der Waals surface area contributed by atoms with Crippen molar-refractivity contribution >= 4 is 124 Å². The van der Waals surface area contributed by atoms with Gasteiger partial charge in [-0.25, -0.2) is 0 Å². The summed E-state index contributed by atoms with van der Waals surface area (Å²) >= 11 is 9.86. The van der Waals surface area contributed by atoms with E-state index in [0.717, 1.165) is 84.6 Å². The van der Waals surface area contributed by atoms with Crippen LogP contribution in [0.25, 0.3) is 0 Å². The zero-order valence-electron chi connectivity index (χ0n) is 68.6. The van der Waals surface area contributed by atoms with Gasteiger partial charge in [-0.05, 0) is 294 Å². The van der Waals surface area contributed by atoms with Crippen molar-refractivity contribution in [2.75, 3.05) is 131 Å². The maximum absolute atomic E-state index is 14.4. The number of hydrogen-bond donors (Lipinski definition) is 15. The molecule has 6 atom stereocenters. The summed E-state index contributed by atoms with van der Waals surface area (Å²) in [5.74, 6) is 3.00. The van der Waals surface area contributed by atoms with Gasteiger partial charge in [-0.15, -0.1) is 0 Å². The summed E-state index contributed by atoms with van der Waals surface area (Å²) in [5.41, 5.74) is 47.2. The van der Waals surface area contributed by atoms with Crippen molar-refractivity contribution in [3.8, 4) is 0 Å². The molecule has 114 heavy (non-hydrogen) atoms. The SMILES string of the molecule is CSCC[C@H](N)C(=O)NCCCc1ccc(CCCNC(=O)[C@@H](N)CCSC)c(C(=O)NCCCc2cc(CCCNC(=O)c3cc(CCCNC(=O)[C@@H](N)CCSC)ccc3CCCNC(=O)[C@@H](N)CCSC)cc(CCCNC(=O)c3cc(CCCNC(=O)[C@@H](N)CCSC)ccc3CCCNC(=O)[C@@H](N)CCSC)c2)c1. The Balaban J connectivity index is 1.58. The average molecular weight is 1690 g/mol. The number of nitrogens with two attached hydrogens (primary N) is 6. The number of thioether (sulfide) groups is 6. The lowest BCUT2D eigenvalue weighted by atomic mass is 9.96. The van der Waals surface area contributed by atoms with Gasteiger partial charge in [-0.2, -0.15) is 70.6 Å². The molecule has 4 aromatic carbocycles. The van der Waals surface area contributed by atoms with Crippen LogP contribution in [0.15, 0.2) is 72.8 Å². The van der Waals surface area contributed by atoms with Gasteiger partial charge in [0.25, 0.3) is 17.7 Å². The molecule has 0 bridgehead atoms. The molecule has 0 aliphatic heterocycles. The summed E-state index contributed by atoms with van der Waals surface area (Å²) in [5, 5.41) is 27.4. The third-order valence-corrected chi connectivity index (χ3v) is 23.4. The second-order valence-corrected chi connectivity index (χ2v) is 34.8. The Hall–Kier alpha value is -6.03. The van der Waals surface area contributed by atoms with Crippen molar-refractivity contribution < 1.29 is 43.2 Å². The highest BCUT2D eigenvalue weighted by Gasteiger charge is 2.22. The monoisotopic (exact) mass is 1690 g/mol. The molecule has 0 heterocycles. The fourth-order valence-electron chi connectivity index (χ4n) is 12.7. The molecule has 24 nitrogen and oxygen atoms in total. The molecule has 0 aliphatic carbocycles. The molecule has 4 rings (SSSR count). The van der Waals surface area contributed by atoms with Crippen LogP contribution in [0.3, 0.4) is 0 Å². The highest BCUT2D eigenvalue weighted by atomic mass is 32.2. The molecule has 0 fully saturated rings. The summed E-state index contributed by atoms with van der Waals surface area (Å²) < 4.78 is 0. The largest absolute Gasteiger partial charge is 0.355 e. The second-order valence-electron chi connectivity index (χ2n) is 28.9. The smallest absolute Gasteiger partial charge is 0.251 e. The van der Waals surface area contributed by atoms with E-state index in [2.05, 4.69) is 66.1 Å². The molecule has 0 aromatic heterocycles. The average Bonchev–Trinajstić information content (AvgIpc) is 0.866. The van der Waals surface area contributed by atoms with Crippen LogP contribution >= 0.6 is 70.6 Å². The lowest BCUT2D eigenvalue weighted by Crippen LogP contribution is -2.41. The molecule has 4 aromatic rings. The Bertz CT molecular complexity index is 3180. The zero-order valence-corrected chi connectivity index (χ0v) is 73.5. The summed E-state index contributed by atoms with van der Waals surface area (Å²) in [7, 11) is 0. The van der Waals surface area contributed by atoms with E-state index in [4.69, 9.17) is 34.4 Å². The molecule has 30 heteroatoms. The summed E-state index contributed by atoms with van der Waals surface area (Å²) in [6.45, 7) is 3.70. The maximum Gasteiger partial charge on any atom is 0.251 e. The number of carbonyl (C=O) groups excluding carboxylic acids is 9. The van der Waals surface area contributed by atoms with E-state index in [1.165, 1.54) is 0 Å². The standard InChI is InChI=1S/C84H135N15O9S6/c1-109-46-31-70(85)79(103)94-40-7-16-58-25-28-64(22-13-43-97-82(106)73(88)34-49-112-4)67(55-58)76(100)91-37-10-19-61-52-62(20-11-38-92-77(101)68-56-59(17-8-41-95-80(104)71(86)32-47-110-2)26-29-65(68)23-14-44-98-83(107)74(89)35-50-113-5)54-63(53-61)21-12-39-93-78(102)69-57-60(18-9-42-96-81(105)72(87)33-48-111-3)27-30-66(69)24-15-45-99-84(108)75(90)36-51-114-6/h25-30,52-57,70-75H,7-24,31-51,85-90H2,1-6H3,(H,91,100)(H,92,101)(H,93,102)(H,94,103)(H,95,104)(H,96,105)(H,97,106)(H,98,107)(H,99,108)/t70-,71-,72-,73-,74-,75-/m0/s1. The summed E-state index contributed by atoms with van der Waals surface area (Å²) in [6, 6.07) is 20.9. The van der Waals surface area contributed by atoms with Gasteiger partial charge in [0, 0.05) is 75.6 Å². The van der Waals surface area contributed by atoms with Gasteiger partial charge < -0.3 is 82.3 Å². The first kappa shape index (κ1) is 100. The lowest BCUT2D eigenvalue weighted by molar-refractivity contribution is -0.123. The highest BCUT2D eigenvalue weighted by molar-refractivity contribution is 7.99. The number of aryl methyl sites for hydroxylation is 9. The van der Waals surface area contributed by atoms with Crippen LogP contribution in [0.5, 0.6) is 0 Å². The van der Waals surface area contributed by atoms with Crippen molar-refractivity contribution in [2.45, 2.75) is 190 Å². The molecule has 0 saturated carbocycles. The fourth-order valence-corrected chi connectivity index (χ4v) is 15.6. The van der Waals surface area contributed by atoms with Crippen molar-refractivity contribution in [3.63, 3.8) is 0 Å². The van der Waals surface area contributed by atoms with E-state index in [-0.39, 0.29) is 53.2 Å². The fraction of sp³-hybridized carbons (Fsp3) is 0.607. The Kier molecular flexibility index (Phi) is 53.2. The van der Waals surface area contributed by atoms with E-state index in [0.29, 0.717) is 230 Å². The molecule has 9 amide bonds. The molecule has 0 radical (unpaired) electrons. The van der Waals surface area contributed by atoms with Crippen LogP contribution in [-0.4, -0.2) is 220 Å². The topological polar surface area (TPSA) is 418 Å². The van der Waals surface area contributed by atoms with Gasteiger partial charge in [0.1, 0.15) is 0 Å². The molecule has 0 saturated heterocycles. The molecular weight excluding hydrogens is 1560 g/mol. The third-order valence-electron chi connectivity index (χ3n) is 19.6. The van der Waals surface area contributed by atoms with E-state index >= 15 is 0 Å². The van der Waals surface area contributed by atoms with Gasteiger partial charge in [0.05, 0.1) is 36.3 Å². The van der Waals surface area contributed by atoms with E-state index in [1.807, 2.05) is 92.1 Å². The maximum atomic E-state index is 14.4. The number of hydrogen-bond acceptors (Lipinski definition) is 21. The van der Waals surface area contributed by atoms with E-state index in [1.54, 1.807) is 70.6 Å². The Morgan fingerprint density at radius 1 is 0.246 bits per heavy atom. The minimum absolute atomic E-state index is 0.177. The van der Waals surface area contributed by atoms with Crippen LogP contribution in [0.4, 0.5) is 0 Å². The number of benzene rings is 4. The quantitative estimate of drug-likeness (QED) is 0.0208. The highest BCUT2D eigenvalue weighted by Crippen LogP contribution is 2.22. The molecule has 636 valence electrons. The predicted molar refractivity (Wildman–Crippen MR) is 482 cm³/mol. The van der Waals surface area contributed by atoms with Crippen molar-refractivity contribution in [2.24, 2.45) is 34.4 Å². The molecule has 21 N–H and O–H groups in total. The lowest BCUT2D eigenvalue weighted by Gasteiger charge is -2.15. The molecule has 0 aliphatic rings. The number of nitrogens with one attached hydrogen (secondary N) is 9. The number of amides is 9. The Labute approximate surface area is 705 Å². The normalized spacial score (nSPS) is 12.8. The summed E-state index contributed by atoms with van der Waals surface area (Å²) in [4.78, 5) is 120. The van der Waals surface area contributed by atoms with Gasteiger partial charge in [0.2, 0.25) is 35.4 Å². The van der Waals surface area contributed by atoms with Crippen LogP contribution < -0.4 is 82.3 Å². The molecule has 0 unspecified atom stereocenters. The van der Waals surface area contributed by atoms with Gasteiger partial charge in [0.15, 0.2) is 0 Å². The Morgan fingerprint density at radius 3 is 0.614 bits per heavy atom. The number of rotatable bonds is 63. The minimum Gasteiger partial charge on any atom is -0.355 e. The third kappa shape index (κ3) is 41.4. The van der Waals surface area contributed by atoms with Gasteiger partial charge in [-0.1, -0.05) is 54.6 Å². The first-order valence-corrected chi connectivity index (χ1v) is 48.9. The van der Waals surface area contributed by atoms with Crippen LogP contribution in [0.1, 0.15) is 177 Å². The summed E-state index contributed by atoms with van der Waals surface area (Å²) in [6.07, 6.45) is 26.5. The first-order chi connectivity index (χ1) is 55.0. The van der Waals surface area contributed by atoms with E-state index in [9.17, 15) is 43.2 Å². The van der Waals surface area contributed by atoms with Crippen molar-refractivity contribution in [3.05, 3.63) is 140 Å². The first-order valence-electron chi connectivity index (χ1n) is 40.5. The Morgan fingerprint density at radius 2 is 0.421 bits per heavy atom. The minimum atomic E-state index is -0.592. The van der Waals surface area contributed by atoms with Crippen LogP contribution in [0, 0.1) is 0 Å². The van der Waals surface area contributed by atoms with Gasteiger partial charge in [-0.3, -0.25) is 43.2 Å².